The summed E-state index contributed by atoms with van der Waals surface area (Å²) in [5.74, 6) is -2.10. The fraction of sp³-hybridized carbons (Fsp3) is 0.951. The van der Waals surface area contributed by atoms with Crippen LogP contribution in [0.2, 0.25) is 0 Å². The molecule has 100 heavy (non-hydrogen) atoms. The first-order valence-corrected chi connectivity index (χ1v) is 45.3. The number of aliphatic hydroxyl groups is 1. The van der Waals surface area contributed by atoms with Crippen molar-refractivity contribution in [2.45, 2.75) is 457 Å². The zero-order valence-corrected chi connectivity index (χ0v) is 67.0. The lowest BCUT2D eigenvalue weighted by molar-refractivity contribution is -0.161. The van der Waals surface area contributed by atoms with Crippen molar-refractivity contribution in [3.8, 4) is 0 Å². The third-order valence-electron chi connectivity index (χ3n) is 19.1. The molecule has 0 rings (SSSR count). The molecule has 0 aliphatic heterocycles. The maximum Gasteiger partial charge on any atom is 0.472 e. The molecule has 0 aromatic carbocycles. The summed E-state index contributed by atoms with van der Waals surface area (Å²) in [4.78, 5) is 73.0. The topological polar surface area (TPSA) is 237 Å². The van der Waals surface area contributed by atoms with Gasteiger partial charge in [0, 0.05) is 25.7 Å². The van der Waals surface area contributed by atoms with Gasteiger partial charge in [-0.2, -0.15) is 0 Å². The molecule has 0 aromatic rings. The molecular formula is C81H158O17P2. The van der Waals surface area contributed by atoms with Gasteiger partial charge < -0.3 is 33.8 Å². The molecule has 0 aliphatic rings. The van der Waals surface area contributed by atoms with E-state index in [1.54, 1.807) is 0 Å². The van der Waals surface area contributed by atoms with E-state index in [1.807, 2.05) is 0 Å². The van der Waals surface area contributed by atoms with Crippen molar-refractivity contribution in [2.24, 2.45) is 0 Å². The molecule has 0 aromatic heterocycles. The van der Waals surface area contributed by atoms with Crippen LogP contribution in [0.4, 0.5) is 0 Å². The Morgan fingerprint density at radius 3 is 0.590 bits per heavy atom. The van der Waals surface area contributed by atoms with Gasteiger partial charge in [-0.3, -0.25) is 37.3 Å². The molecule has 3 N–H and O–H groups in total. The van der Waals surface area contributed by atoms with Gasteiger partial charge in [0.2, 0.25) is 0 Å². The Labute approximate surface area is 613 Å². The van der Waals surface area contributed by atoms with Crippen molar-refractivity contribution >= 4 is 39.5 Å². The van der Waals surface area contributed by atoms with Gasteiger partial charge in [-0.05, 0) is 25.7 Å². The number of phosphoric acid groups is 2. The van der Waals surface area contributed by atoms with Crippen molar-refractivity contribution in [3.63, 3.8) is 0 Å². The second-order valence-electron chi connectivity index (χ2n) is 29.2. The van der Waals surface area contributed by atoms with Crippen LogP contribution in [0.5, 0.6) is 0 Å². The number of hydrogen-bond acceptors (Lipinski definition) is 15. The average Bonchev–Trinajstić information content (AvgIpc) is 0.928. The van der Waals surface area contributed by atoms with Gasteiger partial charge in [0.1, 0.15) is 19.3 Å². The van der Waals surface area contributed by atoms with E-state index < -0.39 is 97.5 Å². The van der Waals surface area contributed by atoms with E-state index in [0.717, 1.165) is 89.9 Å². The number of unbranched alkanes of at least 4 members (excludes halogenated alkanes) is 56. The third kappa shape index (κ3) is 74.3. The van der Waals surface area contributed by atoms with Crippen molar-refractivity contribution < 1.29 is 80.2 Å². The highest BCUT2D eigenvalue weighted by atomic mass is 31.2. The van der Waals surface area contributed by atoms with Crippen molar-refractivity contribution in [3.05, 3.63) is 0 Å². The smallest absolute Gasteiger partial charge is 0.462 e. The zero-order valence-electron chi connectivity index (χ0n) is 65.2. The van der Waals surface area contributed by atoms with E-state index in [-0.39, 0.29) is 25.7 Å². The van der Waals surface area contributed by atoms with E-state index in [1.165, 1.54) is 270 Å². The van der Waals surface area contributed by atoms with Crippen molar-refractivity contribution in [2.75, 3.05) is 39.6 Å². The summed E-state index contributed by atoms with van der Waals surface area (Å²) in [7, 11) is -9.92. The molecule has 0 bridgehead atoms. The second kappa shape index (κ2) is 75.3. The van der Waals surface area contributed by atoms with Gasteiger partial charge in [0.05, 0.1) is 26.4 Å². The summed E-state index contributed by atoms with van der Waals surface area (Å²) in [6.07, 6.45) is 67.9. The summed E-state index contributed by atoms with van der Waals surface area (Å²) >= 11 is 0. The Morgan fingerprint density at radius 1 is 0.240 bits per heavy atom. The second-order valence-corrected chi connectivity index (χ2v) is 32.1. The molecule has 0 saturated carbocycles. The number of rotatable bonds is 82. The fourth-order valence-electron chi connectivity index (χ4n) is 12.6. The number of phosphoric ester groups is 2. The molecule has 0 fully saturated rings. The number of esters is 4. The standard InChI is InChI=1S/C81H158O17P2/c1-5-9-13-17-21-25-29-32-34-35-36-37-38-39-40-41-44-48-52-56-60-64-68-81(86)98-77(72-92-79(84)66-62-58-54-50-46-43-33-30-26-22-18-14-10-6-2)74-96-100(89,90)94-70-75(82)69-93-99(87,88)95-73-76(71-91-78(83)65-61-57-53-49-45-28-24-20-16-12-8-4)97-80(85)67-63-59-55-51-47-42-31-27-23-19-15-11-7-3/h75-77,82H,5-74H2,1-4H3,(H,87,88)(H,89,90)/t75-,76+,77+/m0/s1. The zero-order chi connectivity index (χ0) is 73.2. The van der Waals surface area contributed by atoms with Gasteiger partial charge >= 0.3 is 39.5 Å². The van der Waals surface area contributed by atoms with Gasteiger partial charge in [-0.25, -0.2) is 9.13 Å². The molecule has 594 valence electrons. The van der Waals surface area contributed by atoms with Crippen LogP contribution in [-0.2, 0) is 65.4 Å². The first-order chi connectivity index (χ1) is 48.7. The lowest BCUT2D eigenvalue weighted by Gasteiger charge is -2.21. The number of hydrogen-bond donors (Lipinski definition) is 3. The van der Waals surface area contributed by atoms with E-state index in [4.69, 9.17) is 37.0 Å². The fourth-order valence-corrected chi connectivity index (χ4v) is 14.2. The number of ether oxygens (including phenoxy) is 4. The lowest BCUT2D eigenvalue weighted by Crippen LogP contribution is -2.30. The van der Waals surface area contributed by atoms with Gasteiger partial charge in [-0.1, -0.05) is 387 Å². The highest BCUT2D eigenvalue weighted by molar-refractivity contribution is 7.47. The summed E-state index contributed by atoms with van der Waals surface area (Å²) in [6.45, 7) is 5.02. The predicted octanol–water partition coefficient (Wildman–Crippen LogP) is 24.6. The average molecular weight is 1470 g/mol. The van der Waals surface area contributed by atoms with Gasteiger partial charge in [0.25, 0.3) is 0 Å². The minimum atomic E-state index is -4.96. The molecule has 0 saturated heterocycles. The van der Waals surface area contributed by atoms with Gasteiger partial charge in [-0.15, -0.1) is 0 Å². The summed E-state index contributed by atoms with van der Waals surface area (Å²) in [5, 5.41) is 10.6. The van der Waals surface area contributed by atoms with Crippen LogP contribution in [0, 0.1) is 0 Å². The number of carbonyl (C=O) groups excluding carboxylic acids is 4. The number of carbonyl (C=O) groups is 4. The molecule has 0 radical (unpaired) electrons. The van der Waals surface area contributed by atoms with Gasteiger partial charge in [0.15, 0.2) is 12.2 Å². The van der Waals surface area contributed by atoms with E-state index in [9.17, 15) is 43.2 Å². The van der Waals surface area contributed by atoms with E-state index >= 15 is 0 Å². The largest absolute Gasteiger partial charge is 0.472 e. The van der Waals surface area contributed by atoms with Crippen LogP contribution >= 0.6 is 15.6 Å². The summed E-state index contributed by atoms with van der Waals surface area (Å²) in [6, 6.07) is 0. The van der Waals surface area contributed by atoms with Crippen LogP contribution in [0.15, 0.2) is 0 Å². The molecule has 0 aliphatic carbocycles. The molecule has 0 spiro atoms. The first-order valence-electron chi connectivity index (χ1n) is 42.3. The van der Waals surface area contributed by atoms with E-state index in [0.29, 0.717) is 25.7 Å². The van der Waals surface area contributed by atoms with Crippen molar-refractivity contribution in [1.29, 1.82) is 0 Å². The Balaban J connectivity index is 5.20. The monoisotopic (exact) mass is 1470 g/mol. The van der Waals surface area contributed by atoms with Crippen LogP contribution in [0.3, 0.4) is 0 Å². The Bertz CT molecular complexity index is 1890. The highest BCUT2D eigenvalue weighted by Crippen LogP contribution is 2.45. The molecule has 0 heterocycles. The van der Waals surface area contributed by atoms with Crippen LogP contribution in [-0.4, -0.2) is 96.7 Å². The minimum absolute atomic E-state index is 0.109. The molecule has 2 unspecified atom stereocenters. The minimum Gasteiger partial charge on any atom is -0.462 e. The Morgan fingerprint density at radius 2 is 0.400 bits per heavy atom. The SMILES string of the molecule is CCCCCCCCCCCCCCCCCCCCCCCCC(=O)O[C@H](COC(=O)CCCCCCCCCCCCCCCC)COP(=O)(O)OC[C@@H](O)COP(=O)(O)OC[C@@H](COC(=O)CCCCCCCCCCCCC)OC(=O)CCCCCCCCCCCCCCC. The molecule has 19 heteroatoms. The lowest BCUT2D eigenvalue weighted by atomic mass is 10.0. The first kappa shape index (κ1) is 98.1. The highest BCUT2D eigenvalue weighted by Gasteiger charge is 2.30. The molecule has 0 amide bonds. The predicted molar refractivity (Wildman–Crippen MR) is 409 cm³/mol. The molecule has 5 atom stereocenters. The molecular weight excluding hydrogens is 1310 g/mol. The van der Waals surface area contributed by atoms with Crippen LogP contribution in [0.25, 0.3) is 0 Å². The van der Waals surface area contributed by atoms with Crippen LogP contribution < -0.4 is 0 Å². The number of aliphatic hydroxyl groups excluding tert-OH is 1. The van der Waals surface area contributed by atoms with Crippen LogP contribution in [0.1, 0.15) is 439 Å². The summed E-state index contributed by atoms with van der Waals surface area (Å²) < 4.78 is 68.7. The summed E-state index contributed by atoms with van der Waals surface area (Å²) in [5.41, 5.74) is 0. The maximum absolute atomic E-state index is 13.1. The van der Waals surface area contributed by atoms with Crippen molar-refractivity contribution in [1.82, 2.24) is 0 Å². The Kier molecular flexibility index (Phi) is 73.8. The quantitative estimate of drug-likeness (QED) is 0.0222. The Hall–Kier alpha value is -1.94. The normalized spacial score (nSPS) is 13.8. The maximum atomic E-state index is 13.1. The van der Waals surface area contributed by atoms with E-state index in [2.05, 4.69) is 27.7 Å². The molecule has 17 nitrogen and oxygen atoms in total. The third-order valence-corrected chi connectivity index (χ3v) is 21.0.